The number of nitrogens with two attached hydrogens (primary N) is 1. The number of hydrogen-bond donors (Lipinski definition) is 2. The molecule has 22 heavy (non-hydrogen) atoms. The maximum atomic E-state index is 12.4. The molecule has 0 heterocycles. The predicted octanol–water partition coefficient (Wildman–Crippen LogP) is 3.68. The highest BCUT2D eigenvalue weighted by Crippen LogP contribution is 2.21. The highest BCUT2D eigenvalue weighted by Gasteiger charge is 2.19. The van der Waals surface area contributed by atoms with Gasteiger partial charge in [0.1, 0.15) is 5.75 Å². The lowest BCUT2D eigenvalue weighted by atomic mass is 10.1. The van der Waals surface area contributed by atoms with E-state index < -0.39 is 6.10 Å². The average Bonchev–Trinajstić information content (AvgIpc) is 2.50. The zero-order valence-corrected chi connectivity index (χ0v) is 13.2. The number of benzene rings is 2. The molecule has 0 spiro atoms. The Kier molecular flexibility index (Phi) is 5.04. The number of anilines is 2. The number of carbonyl (C=O) groups excluding carboxylic acids is 1. The third-order valence-electron chi connectivity index (χ3n) is 3.55. The molecule has 0 radical (unpaired) electrons. The van der Waals surface area contributed by atoms with Gasteiger partial charge in [0.2, 0.25) is 0 Å². The molecule has 0 saturated heterocycles. The van der Waals surface area contributed by atoms with Gasteiger partial charge in [0, 0.05) is 11.4 Å². The lowest BCUT2D eigenvalue weighted by Crippen LogP contribution is -2.32. The first-order valence-electron chi connectivity index (χ1n) is 7.40. The van der Waals surface area contributed by atoms with Gasteiger partial charge in [0.15, 0.2) is 6.10 Å². The van der Waals surface area contributed by atoms with E-state index in [-0.39, 0.29) is 5.91 Å². The number of nitrogens with one attached hydrogen (secondary N) is 1. The van der Waals surface area contributed by atoms with Crippen molar-refractivity contribution in [2.75, 3.05) is 11.1 Å². The number of para-hydroxylation sites is 1. The Bertz CT molecular complexity index is 668. The molecule has 0 bridgehead atoms. The molecule has 0 aliphatic rings. The molecule has 2 rings (SSSR count). The summed E-state index contributed by atoms with van der Waals surface area (Å²) >= 11 is 0. The molecule has 2 aromatic carbocycles. The van der Waals surface area contributed by atoms with E-state index in [9.17, 15) is 4.79 Å². The van der Waals surface area contributed by atoms with Crippen LogP contribution in [0.1, 0.15) is 24.5 Å². The second kappa shape index (κ2) is 6.98. The molecule has 0 saturated carbocycles. The summed E-state index contributed by atoms with van der Waals surface area (Å²) in [4.78, 5) is 12.4. The molecule has 1 atom stereocenters. The molecular weight excluding hydrogens is 276 g/mol. The van der Waals surface area contributed by atoms with Crippen LogP contribution in [0.25, 0.3) is 0 Å². The van der Waals surface area contributed by atoms with Crippen LogP contribution in [0, 0.1) is 13.8 Å². The Morgan fingerprint density at radius 3 is 2.59 bits per heavy atom. The number of hydrogen-bond acceptors (Lipinski definition) is 3. The van der Waals surface area contributed by atoms with Crippen LogP contribution >= 0.6 is 0 Å². The van der Waals surface area contributed by atoms with E-state index in [0.29, 0.717) is 12.1 Å². The quantitative estimate of drug-likeness (QED) is 0.828. The molecular formula is C18H22N2O2. The van der Waals surface area contributed by atoms with Crippen LogP contribution in [0.4, 0.5) is 11.4 Å². The lowest BCUT2D eigenvalue weighted by Gasteiger charge is -2.19. The Labute approximate surface area is 131 Å². The second-order valence-corrected chi connectivity index (χ2v) is 5.34. The van der Waals surface area contributed by atoms with Gasteiger partial charge >= 0.3 is 0 Å². The molecule has 3 N–H and O–H groups in total. The van der Waals surface area contributed by atoms with Crippen molar-refractivity contribution in [1.82, 2.24) is 0 Å². The van der Waals surface area contributed by atoms with Crippen molar-refractivity contribution in [3.05, 3.63) is 53.6 Å². The van der Waals surface area contributed by atoms with Gasteiger partial charge in [-0.2, -0.15) is 0 Å². The van der Waals surface area contributed by atoms with Gasteiger partial charge in [-0.3, -0.25) is 4.79 Å². The zero-order valence-electron chi connectivity index (χ0n) is 13.2. The number of nitrogen functional groups attached to an aromatic ring is 1. The maximum Gasteiger partial charge on any atom is 0.265 e. The normalized spacial score (nSPS) is 11.8. The highest BCUT2D eigenvalue weighted by molar-refractivity contribution is 5.95. The molecule has 2 aromatic rings. The third-order valence-corrected chi connectivity index (χ3v) is 3.55. The van der Waals surface area contributed by atoms with E-state index in [1.165, 1.54) is 0 Å². The summed E-state index contributed by atoms with van der Waals surface area (Å²) in [6, 6.07) is 13.1. The number of ether oxygens (including phenoxy) is 1. The van der Waals surface area contributed by atoms with E-state index in [4.69, 9.17) is 10.5 Å². The molecule has 0 aliphatic carbocycles. The van der Waals surface area contributed by atoms with Gasteiger partial charge in [-0.25, -0.2) is 0 Å². The van der Waals surface area contributed by atoms with E-state index in [2.05, 4.69) is 5.32 Å². The smallest absolute Gasteiger partial charge is 0.265 e. The van der Waals surface area contributed by atoms with Crippen molar-refractivity contribution in [1.29, 1.82) is 0 Å². The number of carbonyl (C=O) groups is 1. The lowest BCUT2D eigenvalue weighted by molar-refractivity contribution is -0.122. The minimum atomic E-state index is -0.540. The molecule has 1 amide bonds. The summed E-state index contributed by atoms with van der Waals surface area (Å²) in [6.45, 7) is 5.81. The van der Waals surface area contributed by atoms with Crippen LogP contribution in [0.15, 0.2) is 42.5 Å². The second-order valence-electron chi connectivity index (χ2n) is 5.34. The molecule has 4 heteroatoms. The molecule has 116 valence electrons. The van der Waals surface area contributed by atoms with Gasteiger partial charge in [-0.05, 0) is 49.6 Å². The summed E-state index contributed by atoms with van der Waals surface area (Å²) in [5.41, 5.74) is 9.09. The monoisotopic (exact) mass is 298 g/mol. The van der Waals surface area contributed by atoms with Crippen LogP contribution in [0.5, 0.6) is 5.75 Å². The van der Waals surface area contributed by atoms with E-state index in [1.54, 1.807) is 6.07 Å². The summed E-state index contributed by atoms with van der Waals surface area (Å²) in [5, 5.41) is 2.90. The fraction of sp³-hybridized carbons (Fsp3) is 0.278. The Morgan fingerprint density at radius 2 is 1.91 bits per heavy atom. The topological polar surface area (TPSA) is 64.3 Å². The van der Waals surface area contributed by atoms with Crippen LogP contribution in [-0.4, -0.2) is 12.0 Å². The molecule has 0 fully saturated rings. The number of rotatable bonds is 5. The van der Waals surface area contributed by atoms with Crippen LogP contribution in [0.3, 0.4) is 0 Å². The maximum absolute atomic E-state index is 12.4. The van der Waals surface area contributed by atoms with Gasteiger partial charge in [0.05, 0.1) is 0 Å². The van der Waals surface area contributed by atoms with Gasteiger partial charge in [-0.1, -0.05) is 31.2 Å². The molecule has 0 aliphatic heterocycles. The largest absolute Gasteiger partial charge is 0.480 e. The van der Waals surface area contributed by atoms with Gasteiger partial charge in [-0.15, -0.1) is 0 Å². The van der Waals surface area contributed by atoms with Crippen molar-refractivity contribution in [3.63, 3.8) is 0 Å². The van der Waals surface area contributed by atoms with E-state index >= 15 is 0 Å². The fourth-order valence-electron chi connectivity index (χ4n) is 2.15. The van der Waals surface area contributed by atoms with Crippen LogP contribution in [-0.2, 0) is 4.79 Å². The van der Waals surface area contributed by atoms with Crippen molar-refractivity contribution in [3.8, 4) is 5.75 Å². The minimum Gasteiger partial charge on any atom is -0.480 e. The zero-order chi connectivity index (χ0) is 16.1. The third kappa shape index (κ3) is 3.79. The molecule has 4 nitrogen and oxygen atoms in total. The van der Waals surface area contributed by atoms with E-state index in [1.807, 2.05) is 57.2 Å². The Morgan fingerprint density at radius 1 is 1.18 bits per heavy atom. The fourth-order valence-corrected chi connectivity index (χ4v) is 2.15. The van der Waals surface area contributed by atoms with Crippen LogP contribution < -0.4 is 15.8 Å². The highest BCUT2D eigenvalue weighted by atomic mass is 16.5. The predicted molar refractivity (Wildman–Crippen MR) is 90.1 cm³/mol. The van der Waals surface area contributed by atoms with Crippen molar-refractivity contribution < 1.29 is 9.53 Å². The van der Waals surface area contributed by atoms with Gasteiger partial charge < -0.3 is 15.8 Å². The summed E-state index contributed by atoms with van der Waals surface area (Å²) in [6.07, 6.45) is 0.0450. The van der Waals surface area contributed by atoms with E-state index in [0.717, 1.165) is 22.6 Å². The van der Waals surface area contributed by atoms with Crippen molar-refractivity contribution >= 4 is 17.3 Å². The first-order chi connectivity index (χ1) is 10.5. The molecule has 0 unspecified atom stereocenters. The van der Waals surface area contributed by atoms with Crippen LogP contribution in [0.2, 0.25) is 0 Å². The summed E-state index contributed by atoms with van der Waals surface area (Å²) in [5.74, 6) is 0.563. The van der Waals surface area contributed by atoms with Crippen molar-refractivity contribution in [2.24, 2.45) is 0 Å². The molecule has 0 aromatic heterocycles. The van der Waals surface area contributed by atoms with Gasteiger partial charge in [0.25, 0.3) is 5.91 Å². The summed E-state index contributed by atoms with van der Waals surface area (Å²) < 4.78 is 5.86. The standard InChI is InChI=1S/C18H22N2O2/c1-4-16(22-17-8-6-5-7-13(17)3)18(21)20-15-11-14(19)10-9-12(15)2/h5-11,16H,4,19H2,1-3H3,(H,20,21)/t16-/m1/s1. The van der Waals surface area contributed by atoms with Crippen molar-refractivity contribution in [2.45, 2.75) is 33.3 Å². The number of amides is 1. The minimum absolute atomic E-state index is 0.167. The Balaban J connectivity index is 2.12. The SMILES string of the molecule is CC[C@@H](Oc1ccccc1C)C(=O)Nc1cc(N)ccc1C. The summed E-state index contributed by atoms with van der Waals surface area (Å²) in [7, 11) is 0. The first kappa shape index (κ1) is 15.9. The number of aryl methyl sites for hydroxylation is 2. The Hall–Kier alpha value is -2.49. The first-order valence-corrected chi connectivity index (χ1v) is 7.40. The average molecular weight is 298 g/mol.